The Bertz CT molecular complexity index is 804. The summed E-state index contributed by atoms with van der Waals surface area (Å²) in [7, 11) is 0. The summed E-state index contributed by atoms with van der Waals surface area (Å²) in [6.45, 7) is 1.68. The summed E-state index contributed by atoms with van der Waals surface area (Å²) < 4.78 is 0.927. The van der Waals surface area contributed by atoms with Crippen molar-refractivity contribution in [2.24, 2.45) is 5.73 Å². The molecule has 1 amide bonds. The van der Waals surface area contributed by atoms with Crippen LogP contribution in [0.15, 0.2) is 46.9 Å². The number of fused-ring (bicyclic) bond motifs is 1. The van der Waals surface area contributed by atoms with E-state index in [-0.39, 0.29) is 24.1 Å². The number of Topliss-reactive ketones (excluding diaryl/α,β-unsaturated/α-hetero) is 1. The van der Waals surface area contributed by atoms with Gasteiger partial charge in [0.15, 0.2) is 5.78 Å². The molecule has 6 heteroatoms. The third-order valence-electron chi connectivity index (χ3n) is 4.43. The number of carbonyl (C=O) groups is 2. The molecule has 3 rings (SSSR count). The molecule has 2 aromatic carbocycles. The van der Waals surface area contributed by atoms with Gasteiger partial charge in [-0.2, -0.15) is 0 Å². The Balaban J connectivity index is 0.00000225. The normalized spacial score (nSPS) is 15.6. The van der Waals surface area contributed by atoms with Crippen LogP contribution < -0.4 is 11.1 Å². The molecule has 0 bridgehead atoms. The topological polar surface area (TPSA) is 72.2 Å². The first kappa shape index (κ1) is 19.6. The van der Waals surface area contributed by atoms with E-state index in [0.717, 1.165) is 28.4 Å². The van der Waals surface area contributed by atoms with Crippen molar-refractivity contribution >= 4 is 45.7 Å². The summed E-state index contributed by atoms with van der Waals surface area (Å²) in [5.74, 6) is -0.177. The maximum Gasteiger partial charge on any atom is 0.248 e. The lowest BCUT2D eigenvalue weighted by Gasteiger charge is -2.25. The minimum Gasteiger partial charge on any atom is -0.324 e. The Kier molecular flexibility index (Phi) is 6.03. The smallest absolute Gasteiger partial charge is 0.248 e. The summed E-state index contributed by atoms with van der Waals surface area (Å²) in [6.07, 6.45) is 2.36. The summed E-state index contributed by atoms with van der Waals surface area (Å²) in [4.78, 5) is 24.7. The number of hydrogen-bond acceptors (Lipinski definition) is 3. The van der Waals surface area contributed by atoms with Crippen LogP contribution in [0, 0.1) is 0 Å². The van der Waals surface area contributed by atoms with E-state index in [4.69, 9.17) is 5.73 Å². The Hall–Kier alpha value is -1.69. The lowest BCUT2D eigenvalue weighted by atomic mass is 9.89. The summed E-state index contributed by atoms with van der Waals surface area (Å²) in [6, 6.07) is 12.8. The third kappa shape index (κ3) is 4.11. The molecular weight excluding hydrogens is 404 g/mol. The van der Waals surface area contributed by atoms with Gasteiger partial charge >= 0.3 is 0 Å². The number of rotatable bonds is 3. The Morgan fingerprint density at radius 3 is 2.52 bits per heavy atom. The van der Waals surface area contributed by atoms with Gasteiger partial charge < -0.3 is 11.1 Å². The number of benzene rings is 2. The van der Waals surface area contributed by atoms with Gasteiger partial charge in [0.1, 0.15) is 5.54 Å². The van der Waals surface area contributed by atoms with Crippen LogP contribution in [0.3, 0.4) is 0 Å². The molecule has 1 atom stereocenters. The summed E-state index contributed by atoms with van der Waals surface area (Å²) >= 11 is 3.37. The first-order valence-corrected chi connectivity index (χ1v) is 8.70. The molecule has 25 heavy (non-hydrogen) atoms. The van der Waals surface area contributed by atoms with Gasteiger partial charge in [-0.1, -0.05) is 34.1 Å². The second-order valence-corrected chi connectivity index (χ2v) is 7.23. The van der Waals surface area contributed by atoms with Crippen LogP contribution in [-0.4, -0.2) is 11.7 Å². The van der Waals surface area contributed by atoms with E-state index in [1.54, 1.807) is 13.0 Å². The van der Waals surface area contributed by atoms with E-state index in [9.17, 15) is 9.59 Å². The highest BCUT2D eigenvalue weighted by molar-refractivity contribution is 9.10. The van der Waals surface area contributed by atoms with Crippen molar-refractivity contribution in [3.8, 4) is 0 Å². The molecule has 2 aromatic rings. The summed E-state index contributed by atoms with van der Waals surface area (Å²) in [5.41, 5.74) is 8.16. The van der Waals surface area contributed by atoms with Crippen molar-refractivity contribution in [3.63, 3.8) is 0 Å². The van der Waals surface area contributed by atoms with E-state index >= 15 is 0 Å². The van der Waals surface area contributed by atoms with Gasteiger partial charge in [0.2, 0.25) is 5.91 Å². The molecule has 0 saturated heterocycles. The first-order valence-electron chi connectivity index (χ1n) is 7.90. The zero-order valence-corrected chi connectivity index (χ0v) is 16.2. The quantitative estimate of drug-likeness (QED) is 0.777. The minimum atomic E-state index is -1.17. The van der Waals surface area contributed by atoms with Crippen LogP contribution in [-0.2, 0) is 16.8 Å². The Morgan fingerprint density at radius 2 is 1.84 bits per heavy atom. The zero-order chi connectivity index (χ0) is 17.3. The fourth-order valence-corrected chi connectivity index (χ4v) is 3.16. The molecule has 1 unspecified atom stereocenters. The molecular formula is C19H20BrClN2O2. The fraction of sp³-hybridized carbons (Fsp3) is 0.263. The number of amides is 1. The predicted molar refractivity (Wildman–Crippen MR) is 105 cm³/mol. The number of halogens is 2. The highest BCUT2D eigenvalue weighted by Crippen LogP contribution is 2.26. The maximum absolute atomic E-state index is 12.6. The van der Waals surface area contributed by atoms with Crippen molar-refractivity contribution in [3.05, 3.63) is 63.6 Å². The number of ketones is 1. The number of nitrogens with one attached hydrogen (secondary N) is 1. The molecule has 0 fully saturated rings. The lowest BCUT2D eigenvalue weighted by molar-refractivity contribution is -0.120. The van der Waals surface area contributed by atoms with E-state index < -0.39 is 5.54 Å². The van der Waals surface area contributed by atoms with Crippen LogP contribution in [0.2, 0.25) is 0 Å². The van der Waals surface area contributed by atoms with Gasteiger partial charge in [-0.15, -0.1) is 12.4 Å². The van der Waals surface area contributed by atoms with Crippen LogP contribution in [0.4, 0.5) is 5.69 Å². The standard InChI is InChI=1S/C19H19BrN2O2.ClH/c1-19(21,13-6-8-14(20)9-7-13)18(24)22-15-10-5-12-3-2-4-17(23)16(12)11-15;/h5-11H,2-4,21H2,1H3,(H,22,24);1H. The third-order valence-corrected chi connectivity index (χ3v) is 4.96. The average molecular weight is 424 g/mol. The highest BCUT2D eigenvalue weighted by atomic mass is 79.9. The SMILES string of the molecule is CC(N)(C(=O)Nc1ccc2c(c1)C(=O)CCC2)c1ccc(Br)cc1.Cl. The van der Waals surface area contributed by atoms with Crippen LogP contribution in [0.25, 0.3) is 0 Å². The van der Waals surface area contributed by atoms with Crippen molar-refractivity contribution in [1.29, 1.82) is 0 Å². The predicted octanol–water partition coefficient (Wildman–Crippen LogP) is 4.20. The molecule has 0 aliphatic heterocycles. The second-order valence-electron chi connectivity index (χ2n) is 6.31. The van der Waals surface area contributed by atoms with E-state index in [2.05, 4.69) is 21.2 Å². The number of anilines is 1. The van der Waals surface area contributed by atoms with Gasteiger partial charge in [-0.3, -0.25) is 9.59 Å². The molecule has 1 aliphatic rings. The van der Waals surface area contributed by atoms with Crippen LogP contribution >= 0.6 is 28.3 Å². The molecule has 0 heterocycles. The number of hydrogen-bond donors (Lipinski definition) is 2. The molecule has 0 spiro atoms. The maximum atomic E-state index is 12.6. The van der Waals surface area contributed by atoms with Crippen molar-refractivity contribution < 1.29 is 9.59 Å². The van der Waals surface area contributed by atoms with Crippen molar-refractivity contribution in [2.75, 3.05) is 5.32 Å². The number of carbonyl (C=O) groups excluding carboxylic acids is 2. The molecule has 1 aliphatic carbocycles. The number of nitrogens with two attached hydrogens (primary N) is 1. The van der Waals surface area contributed by atoms with E-state index in [0.29, 0.717) is 17.7 Å². The van der Waals surface area contributed by atoms with Gasteiger partial charge in [-0.05, 0) is 55.2 Å². The number of aryl methyl sites for hydroxylation is 1. The molecule has 0 radical (unpaired) electrons. The monoisotopic (exact) mass is 422 g/mol. The molecule has 0 saturated carbocycles. The Morgan fingerprint density at radius 1 is 1.16 bits per heavy atom. The zero-order valence-electron chi connectivity index (χ0n) is 13.8. The van der Waals surface area contributed by atoms with Gasteiger partial charge in [0, 0.05) is 22.1 Å². The van der Waals surface area contributed by atoms with Crippen molar-refractivity contribution in [1.82, 2.24) is 0 Å². The van der Waals surface area contributed by atoms with Crippen molar-refractivity contribution in [2.45, 2.75) is 31.7 Å². The fourth-order valence-electron chi connectivity index (χ4n) is 2.89. The second kappa shape index (κ2) is 7.68. The van der Waals surface area contributed by atoms with E-state index in [1.807, 2.05) is 36.4 Å². The average Bonchev–Trinajstić information content (AvgIpc) is 2.56. The lowest BCUT2D eigenvalue weighted by Crippen LogP contribution is -2.45. The largest absolute Gasteiger partial charge is 0.324 e. The summed E-state index contributed by atoms with van der Waals surface area (Å²) in [5, 5.41) is 2.84. The highest BCUT2D eigenvalue weighted by Gasteiger charge is 2.31. The molecule has 0 aromatic heterocycles. The van der Waals surface area contributed by atoms with Gasteiger partial charge in [0.05, 0.1) is 0 Å². The molecule has 132 valence electrons. The molecule has 3 N–H and O–H groups in total. The Labute approximate surface area is 161 Å². The van der Waals surface area contributed by atoms with Crippen LogP contribution in [0.5, 0.6) is 0 Å². The van der Waals surface area contributed by atoms with Crippen LogP contribution in [0.1, 0.15) is 41.3 Å². The van der Waals surface area contributed by atoms with Gasteiger partial charge in [0.25, 0.3) is 0 Å². The minimum absolute atomic E-state index is 0. The van der Waals surface area contributed by atoms with E-state index in [1.165, 1.54) is 0 Å². The first-order chi connectivity index (χ1) is 11.4. The molecule has 4 nitrogen and oxygen atoms in total. The van der Waals surface area contributed by atoms with Gasteiger partial charge in [-0.25, -0.2) is 0 Å².